The molecular weight excluding hydrogens is 246 g/mol. The summed E-state index contributed by atoms with van der Waals surface area (Å²) in [6.07, 6.45) is 1.24. The molecule has 0 spiro atoms. The molecule has 4 heteroatoms. The number of benzene rings is 1. The Labute approximate surface area is 111 Å². The van der Waals surface area contributed by atoms with Crippen LogP contribution in [0.2, 0.25) is 0 Å². The maximum atomic E-state index is 11.7. The summed E-state index contributed by atoms with van der Waals surface area (Å²) in [5.74, 6) is 0.524. The largest absolute Gasteiger partial charge is 0.383 e. The Morgan fingerprint density at radius 2 is 1.78 bits per heavy atom. The van der Waals surface area contributed by atoms with Gasteiger partial charge in [-0.3, -0.25) is 0 Å². The molecule has 0 fully saturated rings. The van der Waals surface area contributed by atoms with Crippen molar-refractivity contribution >= 4 is 15.5 Å². The lowest BCUT2D eigenvalue weighted by Crippen LogP contribution is -2.28. The SMILES string of the molecule is CC(C)C(C)(C)CNc1ccccc1S(C)(=O)=O. The summed E-state index contributed by atoms with van der Waals surface area (Å²) in [5.41, 5.74) is 0.804. The van der Waals surface area contributed by atoms with Crippen molar-refractivity contribution < 1.29 is 8.42 Å². The first-order chi connectivity index (χ1) is 8.14. The predicted molar refractivity (Wildman–Crippen MR) is 76.7 cm³/mol. The Balaban J connectivity index is 2.94. The second-order valence-electron chi connectivity index (χ2n) is 5.77. The molecule has 3 nitrogen and oxygen atoms in total. The van der Waals surface area contributed by atoms with E-state index in [-0.39, 0.29) is 5.41 Å². The van der Waals surface area contributed by atoms with E-state index in [9.17, 15) is 8.42 Å². The highest BCUT2D eigenvalue weighted by molar-refractivity contribution is 7.90. The minimum absolute atomic E-state index is 0.116. The van der Waals surface area contributed by atoms with Crippen LogP contribution in [-0.2, 0) is 9.84 Å². The van der Waals surface area contributed by atoms with E-state index in [2.05, 4.69) is 33.0 Å². The second kappa shape index (κ2) is 5.31. The van der Waals surface area contributed by atoms with E-state index in [1.54, 1.807) is 12.1 Å². The number of hydrogen-bond donors (Lipinski definition) is 1. The topological polar surface area (TPSA) is 46.2 Å². The summed E-state index contributed by atoms with van der Waals surface area (Å²) in [7, 11) is -3.18. The molecule has 0 bridgehead atoms. The minimum Gasteiger partial charge on any atom is -0.383 e. The van der Waals surface area contributed by atoms with Crippen molar-refractivity contribution in [2.24, 2.45) is 11.3 Å². The van der Waals surface area contributed by atoms with Gasteiger partial charge in [0.15, 0.2) is 9.84 Å². The van der Waals surface area contributed by atoms with Gasteiger partial charge in [0.2, 0.25) is 0 Å². The summed E-state index contributed by atoms with van der Waals surface area (Å²) >= 11 is 0. The molecule has 102 valence electrons. The molecule has 18 heavy (non-hydrogen) atoms. The van der Waals surface area contributed by atoms with Crippen LogP contribution >= 0.6 is 0 Å². The summed E-state index contributed by atoms with van der Waals surface area (Å²) in [6, 6.07) is 7.04. The third-order valence-corrected chi connectivity index (χ3v) is 4.74. The summed E-state index contributed by atoms with van der Waals surface area (Å²) < 4.78 is 23.3. The van der Waals surface area contributed by atoms with E-state index in [1.165, 1.54) is 6.26 Å². The van der Waals surface area contributed by atoms with Crippen molar-refractivity contribution in [3.63, 3.8) is 0 Å². The minimum atomic E-state index is -3.18. The molecule has 0 unspecified atom stereocenters. The molecule has 1 rings (SSSR count). The van der Waals surface area contributed by atoms with E-state index in [0.717, 1.165) is 6.54 Å². The van der Waals surface area contributed by atoms with E-state index in [1.807, 2.05) is 12.1 Å². The first-order valence-electron chi connectivity index (χ1n) is 6.17. The summed E-state index contributed by atoms with van der Waals surface area (Å²) in [4.78, 5) is 0.365. The Hall–Kier alpha value is -1.03. The van der Waals surface area contributed by atoms with Crippen molar-refractivity contribution in [1.82, 2.24) is 0 Å². The first kappa shape index (κ1) is 15.0. The fraction of sp³-hybridized carbons (Fsp3) is 0.571. The van der Waals surface area contributed by atoms with E-state index < -0.39 is 9.84 Å². The van der Waals surface area contributed by atoms with Gasteiger partial charge in [0.05, 0.1) is 10.6 Å². The van der Waals surface area contributed by atoms with Crippen LogP contribution in [0.5, 0.6) is 0 Å². The average molecular weight is 269 g/mol. The van der Waals surface area contributed by atoms with Crippen LogP contribution in [0, 0.1) is 11.3 Å². The van der Waals surface area contributed by atoms with Crippen LogP contribution in [0.15, 0.2) is 29.2 Å². The van der Waals surface area contributed by atoms with E-state index in [0.29, 0.717) is 16.5 Å². The zero-order valence-electron chi connectivity index (χ0n) is 11.8. The lowest BCUT2D eigenvalue weighted by atomic mass is 9.81. The molecule has 0 heterocycles. The Morgan fingerprint density at radius 1 is 1.22 bits per heavy atom. The predicted octanol–water partition coefficient (Wildman–Crippen LogP) is 3.18. The Kier molecular flexibility index (Phi) is 4.43. The number of rotatable bonds is 5. The lowest BCUT2D eigenvalue weighted by Gasteiger charge is -2.30. The molecule has 1 aromatic rings. The van der Waals surface area contributed by atoms with Crippen molar-refractivity contribution in [2.45, 2.75) is 32.6 Å². The van der Waals surface area contributed by atoms with Crippen LogP contribution in [-0.4, -0.2) is 21.2 Å². The molecule has 0 atom stereocenters. The molecule has 1 N–H and O–H groups in total. The third kappa shape index (κ3) is 3.73. The maximum absolute atomic E-state index is 11.7. The quantitative estimate of drug-likeness (QED) is 0.893. The molecule has 0 aliphatic rings. The monoisotopic (exact) mass is 269 g/mol. The van der Waals surface area contributed by atoms with Gasteiger partial charge in [-0.2, -0.15) is 0 Å². The highest BCUT2D eigenvalue weighted by Crippen LogP contribution is 2.28. The van der Waals surface area contributed by atoms with Crippen molar-refractivity contribution in [2.75, 3.05) is 18.1 Å². The van der Waals surface area contributed by atoms with Gasteiger partial charge in [-0.05, 0) is 23.5 Å². The maximum Gasteiger partial charge on any atom is 0.177 e. The second-order valence-corrected chi connectivity index (χ2v) is 7.75. The normalized spacial score (nSPS) is 12.8. The van der Waals surface area contributed by atoms with Crippen molar-refractivity contribution in [3.8, 4) is 0 Å². The molecule has 0 amide bonds. The molecule has 0 aliphatic carbocycles. The number of para-hydroxylation sites is 1. The Morgan fingerprint density at radius 3 is 2.28 bits per heavy atom. The molecule has 0 saturated carbocycles. The average Bonchev–Trinajstić information content (AvgIpc) is 2.25. The first-order valence-corrected chi connectivity index (χ1v) is 8.06. The smallest absolute Gasteiger partial charge is 0.177 e. The molecule has 0 aromatic heterocycles. The van der Waals surface area contributed by atoms with E-state index in [4.69, 9.17) is 0 Å². The Bertz CT molecular complexity index is 504. The summed E-state index contributed by atoms with van der Waals surface area (Å²) in [5, 5.41) is 3.26. The van der Waals surface area contributed by atoms with Gasteiger partial charge >= 0.3 is 0 Å². The standard InChI is InChI=1S/C14H23NO2S/c1-11(2)14(3,4)10-15-12-8-6-7-9-13(12)18(5,16)17/h6-9,11,15H,10H2,1-5H3. The number of sulfone groups is 1. The molecule has 0 aliphatic heterocycles. The zero-order chi connectivity index (χ0) is 14.0. The molecule has 1 aromatic carbocycles. The van der Waals surface area contributed by atoms with Gasteiger partial charge < -0.3 is 5.32 Å². The number of nitrogens with one attached hydrogen (secondary N) is 1. The van der Waals surface area contributed by atoms with Gasteiger partial charge in [0, 0.05) is 12.8 Å². The van der Waals surface area contributed by atoms with Crippen LogP contribution < -0.4 is 5.32 Å². The van der Waals surface area contributed by atoms with Crippen LogP contribution in [0.25, 0.3) is 0 Å². The van der Waals surface area contributed by atoms with Gasteiger partial charge in [-0.15, -0.1) is 0 Å². The van der Waals surface area contributed by atoms with Gasteiger partial charge in [-0.25, -0.2) is 8.42 Å². The fourth-order valence-electron chi connectivity index (χ4n) is 1.46. The van der Waals surface area contributed by atoms with E-state index >= 15 is 0 Å². The van der Waals surface area contributed by atoms with Gasteiger partial charge in [0.1, 0.15) is 0 Å². The van der Waals surface area contributed by atoms with Gasteiger partial charge in [0.25, 0.3) is 0 Å². The molecular formula is C14H23NO2S. The highest BCUT2D eigenvalue weighted by atomic mass is 32.2. The molecule has 0 radical (unpaired) electrons. The third-order valence-electron chi connectivity index (χ3n) is 3.58. The van der Waals surface area contributed by atoms with Crippen LogP contribution in [0.1, 0.15) is 27.7 Å². The van der Waals surface area contributed by atoms with Crippen molar-refractivity contribution in [3.05, 3.63) is 24.3 Å². The van der Waals surface area contributed by atoms with Crippen molar-refractivity contribution in [1.29, 1.82) is 0 Å². The zero-order valence-corrected chi connectivity index (χ0v) is 12.6. The lowest BCUT2D eigenvalue weighted by molar-refractivity contribution is 0.269. The van der Waals surface area contributed by atoms with Crippen LogP contribution in [0.4, 0.5) is 5.69 Å². The highest BCUT2D eigenvalue weighted by Gasteiger charge is 2.23. The van der Waals surface area contributed by atoms with Crippen LogP contribution in [0.3, 0.4) is 0 Å². The molecule has 0 saturated heterocycles. The van der Waals surface area contributed by atoms with Gasteiger partial charge in [-0.1, -0.05) is 39.8 Å². The summed E-state index contributed by atoms with van der Waals surface area (Å²) in [6.45, 7) is 9.44. The fourth-order valence-corrected chi connectivity index (χ4v) is 2.33. The number of anilines is 1. The number of hydrogen-bond acceptors (Lipinski definition) is 3.